The molecule has 2 heterocycles. The second-order valence-corrected chi connectivity index (χ2v) is 7.46. The number of aryl methyl sites for hydroxylation is 1. The molecule has 3 aromatic rings. The minimum absolute atomic E-state index is 0.184. The summed E-state index contributed by atoms with van der Waals surface area (Å²) in [6.07, 6.45) is -0.646. The molecule has 1 atom stereocenters. The Kier molecular flexibility index (Phi) is 5.91. The molecule has 6 nitrogen and oxygen atoms in total. The molecule has 0 bridgehead atoms. The number of hydrogen-bond donors (Lipinski definition) is 0. The molecule has 0 N–H and O–H groups in total. The fourth-order valence-electron chi connectivity index (χ4n) is 2.71. The third kappa shape index (κ3) is 4.74. The van der Waals surface area contributed by atoms with Gasteiger partial charge in [-0.15, -0.1) is 21.5 Å². The van der Waals surface area contributed by atoms with Crippen molar-refractivity contribution in [1.29, 1.82) is 0 Å². The molecule has 0 saturated heterocycles. The number of hydrogen-bond acceptors (Lipinski definition) is 7. The minimum atomic E-state index is -0.646. The van der Waals surface area contributed by atoms with Crippen LogP contribution < -0.4 is 4.74 Å². The molecule has 2 aromatic heterocycles. The van der Waals surface area contributed by atoms with Crippen molar-refractivity contribution in [1.82, 2.24) is 10.2 Å². The number of carbonyl (C=O) groups excluding carboxylic acids is 1. The van der Waals surface area contributed by atoms with Crippen LogP contribution in [0.1, 0.15) is 49.8 Å². The minimum Gasteiger partial charge on any atom is -0.482 e. The number of thiophene rings is 1. The van der Waals surface area contributed by atoms with Crippen molar-refractivity contribution >= 4 is 17.3 Å². The van der Waals surface area contributed by atoms with E-state index in [1.54, 1.807) is 6.92 Å². The number of esters is 1. The van der Waals surface area contributed by atoms with E-state index in [1.807, 2.05) is 42.6 Å². The van der Waals surface area contributed by atoms with Crippen molar-refractivity contribution in [2.24, 2.45) is 0 Å². The Labute approximate surface area is 162 Å². The summed E-state index contributed by atoms with van der Waals surface area (Å²) in [4.78, 5) is 12.9. The Balaban J connectivity index is 1.54. The van der Waals surface area contributed by atoms with Crippen molar-refractivity contribution in [2.45, 2.75) is 39.7 Å². The molecule has 142 valence electrons. The normalized spacial score (nSPS) is 12.2. The first-order valence-corrected chi connectivity index (χ1v) is 9.62. The fourth-order valence-corrected chi connectivity index (χ4v) is 3.35. The zero-order valence-electron chi connectivity index (χ0n) is 15.8. The molecule has 0 unspecified atom stereocenters. The lowest BCUT2D eigenvalue weighted by atomic mass is 9.98. The lowest BCUT2D eigenvalue weighted by Crippen LogP contribution is -2.17. The van der Waals surface area contributed by atoms with Gasteiger partial charge in [0.25, 0.3) is 11.8 Å². The Morgan fingerprint density at radius 1 is 1.22 bits per heavy atom. The highest BCUT2D eigenvalue weighted by Gasteiger charge is 2.19. The average molecular weight is 386 g/mol. The van der Waals surface area contributed by atoms with Gasteiger partial charge in [-0.2, -0.15) is 0 Å². The molecule has 0 saturated carbocycles. The summed E-state index contributed by atoms with van der Waals surface area (Å²) in [5.74, 6) is 1.25. The number of nitrogens with zero attached hydrogens (tertiary/aromatic N) is 2. The van der Waals surface area contributed by atoms with Crippen molar-refractivity contribution in [3.8, 4) is 16.5 Å². The van der Waals surface area contributed by atoms with E-state index in [2.05, 4.69) is 24.0 Å². The van der Waals surface area contributed by atoms with Gasteiger partial charge in [0.1, 0.15) is 5.75 Å². The molecule has 0 aliphatic rings. The second kappa shape index (κ2) is 8.35. The van der Waals surface area contributed by atoms with Crippen LogP contribution in [-0.2, 0) is 9.53 Å². The van der Waals surface area contributed by atoms with E-state index in [-0.39, 0.29) is 12.5 Å². The predicted molar refractivity (Wildman–Crippen MR) is 103 cm³/mol. The predicted octanol–water partition coefficient (Wildman–Crippen LogP) is 4.91. The first-order chi connectivity index (χ1) is 12.9. The Hall–Kier alpha value is -2.67. The van der Waals surface area contributed by atoms with E-state index in [1.165, 1.54) is 16.9 Å². The Morgan fingerprint density at radius 3 is 2.70 bits per heavy atom. The number of carbonyl (C=O) groups is 1. The summed E-state index contributed by atoms with van der Waals surface area (Å²) in [5, 5.41) is 9.86. The largest absolute Gasteiger partial charge is 0.482 e. The average Bonchev–Trinajstić information content (AvgIpc) is 3.30. The SMILES string of the molecule is Cc1cc(OCC(=O)O[C@H](C)c2nnc(-c3cccs3)o2)ccc1C(C)C. The number of benzene rings is 1. The van der Waals surface area contributed by atoms with Crippen LogP contribution in [-0.4, -0.2) is 22.8 Å². The standard InChI is InChI=1S/C20H22N2O4S/c1-12(2)16-8-7-15(10-13(16)3)24-11-18(23)25-14(4)19-21-22-20(26-19)17-6-5-9-27-17/h5-10,12,14H,11H2,1-4H3/t14-/m1/s1. The summed E-state index contributed by atoms with van der Waals surface area (Å²) < 4.78 is 16.4. The van der Waals surface area contributed by atoms with Crippen LogP contribution >= 0.6 is 11.3 Å². The topological polar surface area (TPSA) is 74.5 Å². The van der Waals surface area contributed by atoms with Gasteiger partial charge < -0.3 is 13.9 Å². The molecule has 27 heavy (non-hydrogen) atoms. The first-order valence-electron chi connectivity index (χ1n) is 8.74. The first kappa shape index (κ1) is 19.1. The number of aromatic nitrogens is 2. The maximum atomic E-state index is 12.1. The summed E-state index contributed by atoms with van der Waals surface area (Å²) in [5.41, 5.74) is 2.40. The molecular weight excluding hydrogens is 364 g/mol. The maximum Gasteiger partial charge on any atom is 0.344 e. The van der Waals surface area contributed by atoms with E-state index in [0.29, 0.717) is 17.6 Å². The highest BCUT2D eigenvalue weighted by atomic mass is 32.1. The van der Waals surface area contributed by atoms with Crippen LogP contribution in [0.4, 0.5) is 0 Å². The van der Waals surface area contributed by atoms with Crippen molar-refractivity contribution in [2.75, 3.05) is 6.61 Å². The Bertz CT molecular complexity index is 903. The molecule has 0 radical (unpaired) electrons. The summed E-state index contributed by atoms with van der Waals surface area (Å²) >= 11 is 1.50. The van der Waals surface area contributed by atoms with Gasteiger partial charge in [0, 0.05) is 0 Å². The highest BCUT2D eigenvalue weighted by molar-refractivity contribution is 7.13. The van der Waals surface area contributed by atoms with Crippen LogP contribution in [0.15, 0.2) is 40.1 Å². The maximum absolute atomic E-state index is 12.1. The lowest BCUT2D eigenvalue weighted by molar-refractivity contribution is -0.152. The molecule has 1 aromatic carbocycles. The van der Waals surface area contributed by atoms with E-state index < -0.39 is 12.1 Å². The second-order valence-electron chi connectivity index (χ2n) is 6.52. The van der Waals surface area contributed by atoms with E-state index in [0.717, 1.165) is 10.4 Å². The quantitative estimate of drug-likeness (QED) is 0.537. The van der Waals surface area contributed by atoms with Gasteiger partial charge in [-0.25, -0.2) is 4.79 Å². The molecule has 0 aliphatic heterocycles. The van der Waals surface area contributed by atoms with E-state index >= 15 is 0 Å². The van der Waals surface area contributed by atoms with Gasteiger partial charge in [-0.05, 0) is 54.5 Å². The van der Waals surface area contributed by atoms with Gasteiger partial charge in [0.2, 0.25) is 0 Å². The molecule has 0 spiro atoms. The van der Waals surface area contributed by atoms with Crippen LogP contribution in [0.2, 0.25) is 0 Å². The zero-order chi connectivity index (χ0) is 19.4. The van der Waals surface area contributed by atoms with Gasteiger partial charge in [-0.1, -0.05) is 26.0 Å². The van der Waals surface area contributed by atoms with E-state index in [9.17, 15) is 4.79 Å². The van der Waals surface area contributed by atoms with Crippen LogP contribution in [0.3, 0.4) is 0 Å². The summed E-state index contributed by atoms with van der Waals surface area (Å²) in [6, 6.07) is 9.61. The third-order valence-corrected chi connectivity index (χ3v) is 4.91. The van der Waals surface area contributed by atoms with Crippen molar-refractivity contribution in [3.05, 3.63) is 52.7 Å². The van der Waals surface area contributed by atoms with Crippen LogP contribution in [0.25, 0.3) is 10.8 Å². The molecular formula is C20H22N2O4S. The van der Waals surface area contributed by atoms with Gasteiger partial charge >= 0.3 is 5.97 Å². The van der Waals surface area contributed by atoms with Gasteiger partial charge in [0.05, 0.1) is 4.88 Å². The number of ether oxygens (including phenoxy) is 2. The smallest absolute Gasteiger partial charge is 0.344 e. The number of rotatable bonds is 7. The molecule has 0 amide bonds. The Morgan fingerprint density at radius 2 is 2.04 bits per heavy atom. The molecule has 3 rings (SSSR count). The lowest BCUT2D eigenvalue weighted by Gasteiger charge is -2.13. The van der Waals surface area contributed by atoms with Crippen molar-refractivity contribution in [3.63, 3.8) is 0 Å². The molecule has 0 fully saturated rings. The summed E-state index contributed by atoms with van der Waals surface area (Å²) in [6.45, 7) is 7.82. The van der Waals surface area contributed by atoms with E-state index in [4.69, 9.17) is 13.9 Å². The molecule has 0 aliphatic carbocycles. The summed E-state index contributed by atoms with van der Waals surface area (Å²) in [7, 11) is 0. The molecule has 7 heteroatoms. The van der Waals surface area contributed by atoms with Crippen LogP contribution in [0, 0.1) is 6.92 Å². The monoisotopic (exact) mass is 386 g/mol. The third-order valence-electron chi connectivity index (χ3n) is 4.05. The van der Waals surface area contributed by atoms with Gasteiger partial charge in [-0.3, -0.25) is 0 Å². The van der Waals surface area contributed by atoms with Crippen LogP contribution in [0.5, 0.6) is 5.75 Å². The van der Waals surface area contributed by atoms with Gasteiger partial charge in [0.15, 0.2) is 12.7 Å². The zero-order valence-corrected chi connectivity index (χ0v) is 16.6. The highest BCUT2D eigenvalue weighted by Crippen LogP contribution is 2.26. The van der Waals surface area contributed by atoms with Crippen molar-refractivity contribution < 1.29 is 18.7 Å². The fraction of sp³-hybridized carbons (Fsp3) is 0.350.